The molecule has 0 unspecified atom stereocenters. The van der Waals surface area contributed by atoms with Gasteiger partial charge in [0.1, 0.15) is 0 Å². The predicted molar refractivity (Wildman–Crippen MR) is 62.5 cm³/mol. The molecule has 0 aromatic heterocycles. The summed E-state index contributed by atoms with van der Waals surface area (Å²) < 4.78 is 0. The molecular weight excluding hydrogens is 212 g/mol. The zero-order chi connectivity index (χ0) is 11.8. The lowest BCUT2D eigenvalue weighted by molar-refractivity contribution is -0.117. The molecule has 1 N–H and O–H groups in total. The Morgan fingerprint density at radius 2 is 1.18 bits per heavy atom. The summed E-state index contributed by atoms with van der Waals surface area (Å²) in [5, 5.41) is 0. The van der Waals surface area contributed by atoms with Crippen molar-refractivity contribution in [2.75, 3.05) is 0 Å². The summed E-state index contributed by atoms with van der Waals surface area (Å²) in [6.45, 7) is 0. The van der Waals surface area contributed by atoms with E-state index in [9.17, 15) is 4.79 Å². The molecule has 80 valence electrons. The highest BCUT2D eigenvalue weighted by Gasteiger charge is 2.33. The maximum absolute atomic E-state index is 12.3. The monoisotopic (exact) mass is 221 g/mol. The Hall–Kier alpha value is -2.51. The molecule has 3 rings (SSSR count). The third-order valence-corrected chi connectivity index (χ3v) is 2.97. The number of benzene rings is 2. The van der Waals surface area contributed by atoms with Gasteiger partial charge < -0.3 is 0 Å². The fourth-order valence-electron chi connectivity index (χ4n) is 2.19. The van der Waals surface area contributed by atoms with Crippen LogP contribution in [-0.4, -0.2) is 16.3 Å². The molecule has 0 amide bonds. The molecule has 0 saturated carbocycles. The van der Waals surface area contributed by atoms with Crippen molar-refractivity contribution in [1.29, 1.82) is 5.53 Å². The summed E-state index contributed by atoms with van der Waals surface area (Å²) in [6.07, 6.45) is 0. The van der Waals surface area contributed by atoms with E-state index in [1.54, 1.807) is 12.1 Å². The van der Waals surface area contributed by atoms with Crippen molar-refractivity contribution >= 4 is 11.5 Å². The highest BCUT2D eigenvalue weighted by molar-refractivity contribution is 6.28. The molecule has 0 saturated heterocycles. The molecule has 3 nitrogen and oxygen atoms in total. The second kappa shape index (κ2) is 3.51. The Balaban J connectivity index is 2.42. The Morgan fingerprint density at radius 3 is 1.59 bits per heavy atom. The van der Waals surface area contributed by atoms with Crippen LogP contribution in [0.4, 0.5) is 0 Å². The summed E-state index contributed by atoms with van der Waals surface area (Å²) in [7, 11) is 0. The molecule has 0 heterocycles. The molecule has 1 aliphatic rings. The number of ketones is 1. The minimum Gasteiger partial charge on any atom is -0.289 e. The van der Waals surface area contributed by atoms with Crippen LogP contribution in [-0.2, 0) is 0 Å². The van der Waals surface area contributed by atoms with Crippen LogP contribution < -0.4 is 0 Å². The van der Waals surface area contributed by atoms with Crippen molar-refractivity contribution in [1.82, 2.24) is 0 Å². The van der Waals surface area contributed by atoms with Crippen molar-refractivity contribution in [3.63, 3.8) is 0 Å². The number of hydrogen-bond acceptors (Lipinski definition) is 2. The average Bonchev–Trinajstić information content (AvgIpc) is 2.40. The first kappa shape index (κ1) is 9.70. The van der Waals surface area contributed by atoms with Gasteiger partial charge in [-0.2, -0.15) is 0 Å². The molecule has 17 heavy (non-hydrogen) atoms. The molecule has 0 aliphatic heterocycles. The number of carbonyl (C=O) groups is 1. The molecule has 2 aromatic carbocycles. The van der Waals surface area contributed by atoms with E-state index in [0.717, 1.165) is 11.1 Å². The average molecular weight is 221 g/mol. The molecule has 0 atom stereocenters. The molecule has 0 radical (unpaired) electrons. The molecule has 0 fully saturated rings. The first-order valence-corrected chi connectivity index (χ1v) is 5.31. The standard InChI is InChI=1S/C14H9N2O/c15-16-13-9-5-1-3-7-11(9)14(17)12-8-4-2-6-10(12)13/h1-8,15H/q+1. The van der Waals surface area contributed by atoms with E-state index in [1.807, 2.05) is 36.4 Å². The molecule has 3 heteroatoms. The molecule has 0 spiro atoms. The third kappa shape index (κ3) is 1.27. The lowest BCUT2D eigenvalue weighted by atomic mass is 9.84. The van der Waals surface area contributed by atoms with E-state index < -0.39 is 0 Å². The number of nitrogens with one attached hydrogen (secondary N) is 1. The van der Waals surface area contributed by atoms with E-state index >= 15 is 0 Å². The van der Waals surface area contributed by atoms with Gasteiger partial charge in [-0.05, 0) is 12.1 Å². The van der Waals surface area contributed by atoms with Crippen molar-refractivity contribution < 1.29 is 9.58 Å². The summed E-state index contributed by atoms with van der Waals surface area (Å²) in [5.41, 5.74) is 10.6. The van der Waals surface area contributed by atoms with Crippen molar-refractivity contribution in [3.05, 3.63) is 70.8 Å². The van der Waals surface area contributed by atoms with Gasteiger partial charge in [0.15, 0.2) is 5.78 Å². The Labute approximate surface area is 98.0 Å². The largest absolute Gasteiger partial charge is 0.380 e. The van der Waals surface area contributed by atoms with Gasteiger partial charge in [-0.1, -0.05) is 36.4 Å². The van der Waals surface area contributed by atoms with Gasteiger partial charge in [-0.3, -0.25) is 4.79 Å². The number of hydrogen-bond donors (Lipinski definition) is 1. The van der Waals surface area contributed by atoms with Crippen LogP contribution in [0.1, 0.15) is 27.0 Å². The fraction of sp³-hybridized carbons (Fsp3) is 0. The van der Waals surface area contributed by atoms with E-state index in [0.29, 0.717) is 16.8 Å². The van der Waals surface area contributed by atoms with Crippen molar-refractivity contribution in [3.8, 4) is 0 Å². The maximum atomic E-state index is 12.3. The van der Waals surface area contributed by atoms with Crippen LogP contribution in [0.2, 0.25) is 0 Å². The molecule has 0 bridgehead atoms. The van der Waals surface area contributed by atoms with Gasteiger partial charge in [0, 0.05) is 11.1 Å². The minimum absolute atomic E-state index is 0.00333. The van der Waals surface area contributed by atoms with E-state index in [-0.39, 0.29) is 5.78 Å². The van der Waals surface area contributed by atoms with E-state index in [4.69, 9.17) is 5.53 Å². The van der Waals surface area contributed by atoms with Crippen molar-refractivity contribution in [2.24, 2.45) is 0 Å². The van der Waals surface area contributed by atoms with Gasteiger partial charge in [0.2, 0.25) is 0 Å². The fourth-order valence-corrected chi connectivity index (χ4v) is 2.19. The topological polar surface area (TPSA) is 55.0 Å². The van der Waals surface area contributed by atoms with Crippen LogP contribution in [0.5, 0.6) is 0 Å². The quantitative estimate of drug-likeness (QED) is 0.459. The van der Waals surface area contributed by atoms with E-state index in [1.165, 1.54) is 0 Å². The summed E-state index contributed by atoms with van der Waals surface area (Å²) in [4.78, 5) is 15.8. The number of rotatable bonds is 0. The summed E-state index contributed by atoms with van der Waals surface area (Å²) in [6, 6.07) is 14.6. The highest BCUT2D eigenvalue weighted by atomic mass is 16.1. The van der Waals surface area contributed by atoms with Crippen LogP contribution >= 0.6 is 0 Å². The lowest BCUT2D eigenvalue weighted by Crippen LogP contribution is -2.21. The molecule has 2 aromatic rings. The SMILES string of the molecule is N=[N+]=C1c2ccccc2C(=O)c2ccccc21. The predicted octanol–water partition coefficient (Wildman–Crippen LogP) is 2.31. The zero-order valence-electron chi connectivity index (χ0n) is 8.97. The van der Waals surface area contributed by atoms with Gasteiger partial charge in [-0.25, -0.2) is 0 Å². The first-order valence-electron chi connectivity index (χ1n) is 5.31. The van der Waals surface area contributed by atoms with E-state index in [2.05, 4.69) is 4.79 Å². The normalized spacial score (nSPS) is 12.7. The zero-order valence-corrected chi connectivity index (χ0v) is 8.97. The van der Waals surface area contributed by atoms with Crippen LogP contribution in [0, 0.1) is 5.53 Å². The second-order valence-corrected chi connectivity index (χ2v) is 3.88. The Bertz CT molecular complexity index is 631. The maximum Gasteiger partial charge on any atom is 0.380 e. The van der Waals surface area contributed by atoms with Crippen LogP contribution in [0.15, 0.2) is 48.5 Å². The van der Waals surface area contributed by atoms with Gasteiger partial charge >= 0.3 is 5.71 Å². The highest BCUT2D eigenvalue weighted by Crippen LogP contribution is 2.26. The van der Waals surface area contributed by atoms with Crippen LogP contribution in [0.25, 0.3) is 0 Å². The number of nitrogens with zero attached hydrogens (tertiary/aromatic N) is 1. The van der Waals surface area contributed by atoms with Gasteiger partial charge in [0.05, 0.1) is 21.4 Å². The van der Waals surface area contributed by atoms with Crippen LogP contribution in [0.3, 0.4) is 0 Å². The smallest absolute Gasteiger partial charge is 0.289 e. The van der Waals surface area contributed by atoms with Gasteiger partial charge in [0.25, 0.3) is 0 Å². The minimum atomic E-state index is 0.00333. The van der Waals surface area contributed by atoms with Crippen molar-refractivity contribution in [2.45, 2.75) is 0 Å². The Kier molecular flexibility index (Phi) is 2.00. The summed E-state index contributed by atoms with van der Waals surface area (Å²) >= 11 is 0. The lowest BCUT2D eigenvalue weighted by Gasteiger charge is -2.12. The first-order chi connectivity index (χ1) is 8.33. The second-order valence-electron chi connectivity index (χ2n) is 3.88. The number of fused-ring (bicyclic) bond motifs is 2. The third-order valence-electron chi connectivity index (χ3n) is 2.97. The summed E-state index contributed by atoms with van der Waals surface area (Å²) in [5.74, 6) is 0.00333. The van der Waals surface area contributed by atoms with Gasteiger partial charge in [-0.15, -0.1) is 0 Å². The molecule has 1 aliphatic carbocycles. The Morgan fingerprint density at radius 1 is 0.765 bits per heavy atom. The molecular formula is C14H9N2O+. The number of carbonyl (C=O) groups excluding carboxylic acids is 1.